The molecule has 1 amide bonds. The van der Waals surface area contributed by atoms with E-state index in [1.807, 2.05) is 13.0 Å². The van der Waals surface area contributed by atoms with Gasteiger partial charge in [0, 0.05) is 24.5 Å². The lowest BCUT2D eigenvalue weighted by molar-refractivity contribution is -0.132. The molecule has 25 heavy (non-hydrogen) atoms. The molecule has 0 saturated heterocycles. The van der Waals surface area contributed by atoms with Crippen molar-refractivity contribution in [3.63, 3.8) is 0 Å². The maximum Gasteiger partial charge on any atom is 0.227 e. The van der Waals surface area contributed by atoms with Crippen molar-refractivity contribution in [2.75, 3.05) is 13.1 Å². The molecule has 0 aliphatic carbocycles. The van der Waals surface area contributed by atoms with E-state index in [1.165, 1.54) is 0 Å². The predicted molar refractivity (Wildman–Crippen MR) is 95.9 cm³/mol. The Kier molecular flexibility index (Phi) is 6.93. The summed E-state index contributed by atoms with van der Waals surface area (Å²) >= 11 is 5.93. The third kappa shape index (κ3) is 5.28. The quantitative estimate of drug-likeness (QED) is 0.825. The molecule has 0 aliphatic heterocycles. The van der Waals surface area contributed by atoms with E-state index in [4.69, 9.17) is 16.9 Å². The summed E-state index contributed by atoms with van der Waals surface area (Å²) < 4.78 is 0. The molecule has 5 nitrogen and oxygen atoms in total. The van der Waals surface area contributed by atoms with Gasteiger partial charge < -0.3 is 10.0 Å². The van der Waals surface area contributed by atoms with E-state index >= 15 is 0 Å². The van der Waals surface area contributed by atoms with Gasteiger partial charge in [0.15, 0.2) is 0 Å². The Balaban J connectivity index is 2.08. The lowest BCUT2D eigenvalue weighted by Gasteiger charge is -2.25. The van der Waals surface area contributed by atoms with Crippen molar-refractivity contribution in [2.24, 2.45) is 0 Å². The summed E-state index contributed by atoms with van der Waals surface area (Å²) in [6, 6.07) is 10.5. The molecule has 1 N–H and O–H groups in total. The molecule has 1 heterocycles. The highest BCUT2D eigenvalue weighted by Gasteiger charge is 2.19. The van der Waals surface area contributed by atoms with Crippen molar-refractivity contribution in [1.29, 1.82) is 5.26 Å². The van der Waals surface area contributed by atoms with Gasteiger partial charge in [0.25, 0.3) is 0 Å². The van der Waals surface area contributed by atoms with Crippen LogP contribution in [0.25, 0.3) is 0 Å². The summed E-state index contributed by atoms with van der Waals surface area (Å²) in [6.07, 6.45) is 3.39. The zero-order chi connectivity index (χ0) is 18.2. The number of nitrogens with zero attached hydrogens (tertiary/aromatic N) is 3. The van der Waals surface area contributed by atoms with Gasteiger partial charge in [-0.15, -0.1) is 0 Å². The number of rotatable bonds is 7. The summed E-state index contributed by atoms with van der Waals surface area (Å²) in [6.45, 7) is 2.73. The van der Waals surface area contributed by atoms with E-state index in [1.54, 1.807) is 47.6 Å². The highest BCUT2D eigenvalue weighted by atomic mass is 35.5. The Morgan fingerprint density at radius 3 is 2.88 bits per heavy atom. The van der Waals surface area contributed by atoms with Gasteiger partial charge in [-0.2, -0.15) is 5.26 Å². The standard InChI is InChI=1S/C19H20ClN3O2/c1-2-8-23(13-18(24)15-4-3-7-22-12-15)19(25)10-14-5-6-17(20)16(9-14)11-21/h3-7,9,12,18,24H,2,8,10,13H2,1H3/t18-/m1/s1. The average molecular weight is 358 g/mol. The van der Waals surface area contributed by atoms with E-state index in [-0.39, 0.29) is 18.9 Å². The van der Waals surface area contributed by atoms with Crippen molar-refractivity contribution in [3.05, 3.63) is 64.4 Å². The monoisotopic (exact) mass is 357 g/mol. The fraction of sp³-hybridized carbons (Fsp3) is 0.316. The van der Waals surface area contributed by atoms with Gasteiger partial charge in [-0.1, -0.05) is 30.7 Å². The summed E-state index contributed by atoms with van der Waals surface area (Å²) in [4.78, 5) is 18.3. The Morgan fingerprint density at radius 1 is 1.44 bits per heavy atom. The number of halogens is 1. The Labute approximate surface area is 152 Å². The van der Waals surface area contributed by atoms with E-state index in [0.29, 0.717) is 22.7 Å². The van der Waals surface area contributed by atoms with Crippen LogP contribution in [0.15, 0.2) is 42.7 Å². The van der Waals surface area contributed by atoms with Crippen LogP contribution < -0.4 is 0 Å². The number of aromatic nitrogens is 1. The number of nitriles is 1. The number of pyridine rings is 1. The van der Waals surface area contributed by atoms with Crippen LogP contribution in [0, 0.1) is 11.3 Å². The highest BCUT2D eigenvalue weighted by Crippen LogP contribution is 2.18. The summed E-state index contributed by atoms with van der Waals surface area (Å²) in [7, 11) is 0. The van der Waals surface area contributed by atoms with Crippen molar-refractivity contribution >= 4 is 17.5 Å². The van der Waals surface area contributed by atoms with Crippen molar-refractivity contribution in [3.8, 4) is 6.07 Å². The molecular weight excluding hydrogens is 338 g/mol. The lowest BCUT2D eigenvalue weighted by atomic mass is 10.1. The fourth-order valence-electron chi connectivity index (χ4n) is 2.53. The van der Waals surface area contributed by atoms with Crippen LogP contribution in [0.5, 0.6) is 0 Å². The highest BCUT2D eigenvalue weighted by molar-refractivity contribution is 6.31. The number of aliphatic hydroxyl groups excluding tert-OH is 1. The number of hydrogen-bond donors (Lipinski definition) is 1. The number of benzene rings is 1. The second kappa shape index (κ2) is 9.16. The molecule has 0 fully saturated rings. The molecule has 0 bridgehead atoms. The minimum absolute atomic E-state index is 0.101. The Bertz CT molecular complexity index is 759. The Hall–Kier alpha value is -2.42. The van der Waals surface area contributed by atoms with E-state index < -0.39 is 6.10 Å². The fourth-order valence-corrected chi connectivity index (χ4v) is 2.69. The van der Waals surface area contributed by atoms with Crippen molar-refractivity contribution < 1.29 is 9.90 Å². The number of amides is 1. The maximum atomic E-state index is 12.6. The van der Waals surface area contributed by atoms with Crippen LogP contribution in [0.1, 0.15) is 36.1 Å². The van der Waals surface area contributed by atoms with E-state index in [0.717, 1.165) is 12.0 Å². The second-order valence-corrected chi connectivity index (χ2v) is 6.15. The molecule has 6 heteroatoms. The third-order valence-corrected chi connectivity index (χ3v) is 4.14. The number of carbonyl (C=O) groups excluding carboxylic acids is 1. The van der Waals surface area contributed by atoms with Crippen LogP contribution in [0.3, 0.4) is 0 Å². The molecule has 1 atom stereocenters. The van der Waals surface area contributed by atoms with Gasteiger partial charge in [-0.3, -0.25) is 9.78 Å². The first-order valence-electron chi connectivity index (χ1n) is 8.09. The molecule has 1 aromatic heterocycles. The van der Waals surface area contributed by atoms with Gasteiger partial charge in [-0.25, -0.2) is 0 Å². The van der Waals surface area contributed by atoms with Crippen LogP contribution >= 0.6 is 11.6 Å². The SMILES string of the molecule is CCCN(C[C@@H](O)c1cccnc1)C(=O)Cc1ccc(Cl)c(C#N)c1. The van der Waals surface area contributed by atoms with Gasteiger partial charge in [-0.05, 0) is 30.2 Å². The molecule has 130 valence electrons. The number of hydrogen-bond acceptors (Lipinski definition) is 4. The molecule has 2 aromatic rings. The molecule has 0 radical (unpaired) electrons. The molecule has 0 aliphatic rings. The molecule has 0 unspecified atom stereocenters. The summed E-state index contributed by atoms with van der Waals surface area (Å²) in [5.74, 6) is -0.101. The Morgan fingerprint density at radius 2 is 2.24 bits per heavy atom. The zero-order valence-corrected chi connectivity index (χ0v) is 14.8. The van der Waals surface area contributed by atoms with Crippen LogP contribution in [-0.4, -0.2) is 34.0 Å². The average Bonchev–Trinajstić information content (AvgIpc) is 2.63. The largest absolute Gasteiger partial charge is 0.386 e. The van der Waals surface area contributed by atoms with E-state index in [9.17, 15) is 9.90 Å². The van der Waals surface area contributed by atoms with Gasteiger partial charge in [0.1, 0.15) is 6.07 Å². The van der Waals surface area contributed by atoms with Crippen LogP contribution in [-0.2, 0) is 11.2 Å². The molecular formula is C19H20ClN3O2. The third-order valence-electron chi connectivity index (χ3n) is 3.82. The first-order chi connectivity index (χ1) is 12.0. The van der Waals surface area contributed by atoms with E-state index in [2.05, 4.69) is 4.98 Å². The smallest absolute Gasteiger partial charge is 0.227 e. The van der Waals surface area contributed by atoms with Gasteiger partial charge in [0.05, 0.1) is 29.7 Å². The molecule has 2 rings (SSSR count). The van der Waals surface area contributed by atoms with Crippen LogP contribution in [0.4, 0.5) is 0 Å². The molecule has 0 saturated carbocycles. The lowest BCUT2D eigenvalue weighted by Crippen LogP contribution is -2.36. The topological polar surface area (TPSA) is 77.2 Å². The maximum absolute atomic E-state index is 12.6. The van der Waals surface area contributed by atoms with Crippen molar-refractivity contribution in [2.45, 2.75) is 25.9 Å². The second-order valence-electron chi connectivity index (χ2n) is 5.74. The van der Waals surface area contributed by atoms with Crippen LogP contribution in [0.2, 0.25) is 5.02 Å². The first kappa shape index (κ1) is 18.9. The van der Waals surface area contributed by atoms with Crippen molar-refractivity contribution in [1.82, 2.24) is 9.88 Å². The van der Waals surface area contributed by atoms with Gasteiger partial charge in [0.2, 0.25) is 5.91 Å². The zero-order valence-electron chi connectivity index (χ0n) is 14.0. The number of carbonyl (C=O) groups is 1. The summed E-state index contributed by atoms with van der Waals surface area (Å²) in [5.41, 5.74) is 1.75. The minimum atomic E-state index is -0.788. The predicted octanol–water partition coefficient (Wildman–Crippen LogP) is 3.12. The molecule has 0 spiro atoms. The van der Waals surface area contributed by atoms with Gasteiger partial charge >= 0.3 is 0 Å². The first-order valence-corrected chi connectivity index (χ1v) is 8.47. The summed E-state index contributed by atoms with van der Waals surface area (Å²) in [5, 5.41) is 19.8. The normalized spacial score (nSPS) is 11.6. The molecule has 1 aromatic carbocycles. The number of aliphatic hydroxyl groups is 1. The minimum Gasteiger partial charge on any atom is -0.386 e.